The highest BCUT2D eigenvalue weighted by Gasteiger charge is 2.14. The van der Waals surface area contributed by atoms with Crippen LogP contribution in [-0.4, -0.2) is 51.3 Å². The van der Waals surface area contributed by atoms with Crippen molar-refractivity contribution in [3.05, 3.63) is 66.2 Å². The van der Waals surface area contributed by atoms with Crippen molar-refractivity contribution in [3.8, 4) is 17.2 Å². The third kappa shape index (κ3) is 5.88. The van der Waals surface area contributed by atoms with Gasteiger partial charge in [-0.3, -0.25) is 4.79 Å². The number of nitrogens with zero attached hydrogens (tertiary/aromatic N) is 1. The van der Waals surface area contributed by atoms with E-state index in [4.69, 9.17) is 18.9 Å². The molecule has 1 amide bonds. The number of benzene rings is 3. The van der Waals surface area contributed by atoms with Crippen LogP contribution in [-0.2, 0) is 20.9 Å². The Morgan fingerprint density at radius 3 is 2.32 bits per heavy atom. The van der Waals surface area contributed by atoms with Gasteiger partial charge in [-0.1, -0.05) is 36.4 Å². The number of carbonyl (C=O) groups excluding carboxylic acids is 2. The van der Waals surface area contributed by atoms with Crippen LogP contribution in [0, 0.1) is 0 Å². The lowest BCUT2D eigenvalue weighted by Gasteiger charge is -2.18. The smallest absolute Gasteiger partial charge is 0.344 e. The summed E-state index contributed by atoms with van der Waals surface area (Å²) < 4.78 is 21.0. The van der Waals surface area contributed by atoms with Gasteiger partial charge in [-0.25, -0.2) is 4.79 Å². The molecule has 0 heterocycles. The highest BCUT2D eigenvalue weighted by atomic mass is 16.6. The van der Waals surface area contributed by atoms with Crippen LogP contribution >= 0.6 is 0 Å². The number of hydrogen-bond donors (Lipinski definition) is 0. The first kappa shape index (κ1) is 22.0. The monoisotopic (exact) mass is 423 g/mol. The molecule has 0 radical (unpaired) electrons. The molecule has 0 saturated heterocycles. The topological polar surface area (TPSA) is 74.3 Å². The maximum absolute atomic E-state index is 12.3. The summed E-state index contributed by atoms with van der Waals surface area (Å²) in [4.78, 5) is 25.7. The molecule has 0 bridgehead atoms. The Kier molecular flexibility index (Phi) is 7.32. The Labute approximate surface area is 181 Å². The van der Waals surface area contributed by atoms with E-state index in [0.29, 0.717) is 23.8 Å². The van der Waals surface area contributed by atoms with E-state index in [0.717, 1.165) is 16.3 Å². The highest BCUT2D eigenvalue weighted by molar-refractivity contribution is 5.84. The minimum atomic E-state index is -0.610. The van der Waals surface area contributed by atoms with Crippen LogP contribution in [0.2, 0.25) is 0 Å². The molecule has 7 nitrogen and oxygen atoms in total. The lowest BCUT2D eigenvalue weighted by molar-refractivity contribution is -0.153. The summed E-state index contributed by atoms with van der Waals surface area (Å²) in [5.41, 5.74) is 0.861. The molecule has 0 fully saturated rings. The standard InChI is InChI=1S/C24H25NO6/c1-25(14-17-8-11-21(28-2)22(12-17)29-3)23(26)15-31-24(27)16-30-20-10-9-18-6-4-5-7-19(18)13-20/h4-13H,14-16H2,1-3H3. The Bertz CT molecular complexity index is 1060. The summed E-state index contributed by atoms with van der Waals surface area (Å²) in [6.45, 7) is -0.293. The summed E-state index contributed by atoms with van der Waals surface area (Å²) in [6.07, 6.45) is 0. The van der Waals surface area contributed by atoms with E-state index in [1.807, 2.05) is 42.5 Å². The molecule has 3 aromatic carbocycles. The molecule has 0 saturated carbocycles. The number of methoxy groups -OCH3 is 2. The van der Waals surface area contributed by atoms with Crippen molar-refractivity contribution in [1.29, 1.82) is 0 Å². The quantitative estimate of drug-likeness (QED) is 0.491. The minimum Gasteiger partial charge on any atom is -0.493 e. The normalized spacial score (nSPS) is 10.4. The van der Waals surface area contributed by atoms with Gasteiger partial charge in [-0.15, -0.1) is 0 Å². The summed E-state index contributed by atoms with van der Waals surface area (Å²) >= 11 is 0. The molecule has 0 atom stereocenters. The van der Waals surface area contributed by atoms with Gasteiger partial charge in [-0.05, 0) is 40.6 Å². The van der Waals surface area contributed by atoms with Crippen molar-refractivity contribution >= 4 is 22.6 Å². The van der Waals surface area contributed by atoms with E-state index in [-0.39, 0.29) is 19.1 Å². The van der Waals surface area contributed by atoms with Gasteiger partial charge in [0.15, 0.2) is 24.7 Å². The molecule has 0 aliphatic heterocycles. The summed E-state index contributed by atoms with van der Waals surface area (Å²) in [6, 6.07) is 18.8. The lowest BCUT2D eigenvalue weighted by atomic mass is 10.1. The molecule has 0 aliphatic rings. The van der Waals surface area contributed by atoms with E-state index < -0.39 is 5.97 Å². The maximum atomic E-state index is 12.3. The molecule has 31 heavy (non-hydrogen) atoms. The Morgan fingerprint density at radius 1 is 0.839 bits per heavy atom. The first-order chi connectivity index (χ1) is 15.0. The Balaban J connectivity index is 1.46. The largest absolute Gasteiger partial charge is 0.493 e. The van der Waals surface area contributed by atoms with Gasteiger partial charge < -0.3 is 23.8 Å². The average molecular weight is 423 g/mol. The van der Waals surface area contributed by atoms with E-state index >= 15 is 0 Å². The van der Waals surface area contributed by atoms with E-state index in [2.05, 4.69) is 0 Å². The van der Waals surface area contributed by atoms with Crippen molar-refractivity contribution in [1.82, 2.24) is 4.90 Å². The molecule has 0 aromatic heterocycles. The zero-order valence-electron chi connectivity index (χ0n) is 17.8. The molecule has 3 aromatic rings. The second-order valence-electron chi connectivity index (χ2n) is 6.90. The number of fused-ring (bicyclic) bond motifs is 1. The summed E-state index contributed by atoms with van der Waals surface area (Å²) in [7, 11) is 4.75. The van der Waals surface area contributed by atoms with Crippen LogP contribution in [0.3, 0.4) is 0 Å². The summed E-state index contributed by atoms with van der Waals surface area (Å²) in [5.74, 6) is 0.820. The number of hydrogen-bond acceptors (Lipinski definition) is 6. The van der Waals surface area contributed by atoms with Gasteiger partial charge in [-0.2, -0.15) is 0 Å². The zero-order valence-corrected chi connectivity index (χ0v) is 17.8. The molecule has 7 heteroatoms. The van der Waals surface area contributed by atoms with Crippen molar-refractivity contribution in [2.75, 3.05) is 34.5 Å². The third-order valence-corrected chi connectivity index (χ3v) is 4.73. The molecular weight excluding hydrogens is 398 g/mol. The van der Waals surface area contributed by atoms with Crippen molar-refractivity contribution in [2.45, 2.75) is 6.54 Å². The number of ether oxygens (including phenoxy) is 4. The molecule has 162 valence electrons. The van der Waals surface area contributed by atoms with Crippen LogP contribution < -0.4 is 14.2 Å². The van der Waals surface area contributed by atoms with Crippen LogP contribution in [0.5, 0.6) is 17.2 Å². The fourth-order valence-electron chi connectivity index (χ4n) is 3.03. The van der Waals surface area contributed by atoms with E-state index in [1.165, 1.54) is 4.90 Å². The second-order valence-corrected chi connectivity index (χ2v) is 6.90. The number of amides is 1. The maximum Gasteiger partial charge on any atom is 0.344 e. The van der Waals surface area contributed by atoms with E-state index in [1.54, 1.807) is 39.5 Å². The van der Waals surface area contributed by atoms with Gasteiger partial charge in [0.05, 0.1) is 14.2 Å². The van der Waals surface area contributed by atoms with Crippen LogP contribution in [0.4, 0.5) is 0 Å². The van der Waals surface area contributed by atoms with Gasteiger partial charge in [0.1, 0.15) is 5.75 Å². The molecule has 0 aliphatic carbocycles. The van der Waals surface area contributed by atoms with Crippen molar-refractivity contribution in [3.63, 3.8) is 0 Å². The van der Waals surface area contributed by atoms with Crippen LogP contribution in [0.25, 0.3) is 10.8 Å². The third-order valence-electron chi connectivity index (χ3n) is 4.73. The predicted octanol–water partition coefficient (Wildman–Crippen LogP) is 3.44. The first-order valence-electron chi connectivity index (χ1n) is 9.72. The minimum absolute atomic E-state index is 0.273. The predicted molar refractivity (Wildman–Crippen MR) is 116 cm³/mol. The fraction of sp³-hybridized carbons (Fsp3) is 0.250. The molecule has 0 unspecified atom stereocenters. The first-order valence-corrected chi connectivity index (χ1v) is 9.72. The van der Waals surface area contributed by atoms with Gasteiger partial charge in [0, 0.05) is 13.6 Å². The van der Waals surface area contributed by atoms with Gasteiger partial charge >= 0.3 is 5.97 Å². The average Bonchev–Trinajstić information content (AvgIpc) is 2.80. The zero-order chi connectivity index (χ0) is 22.2. The van der Waals surface area contributed by atoms with Crippen molar-refractivity contribution < 1.29 is 28.5 Å². The Hall–Kier alpha value is -3.74. The molecular formula is C24H25NO6. The van der Waals surface area contributed by atoms with Crippen molar-refractivity contribution in [2.24, 2.45) is 0 Å². The number of carbonyl (C=O) groups is 2. The Morgan fingerprint density at radius 2 is 1.58 bits per heavy atom. The number of rotatable bonds is 9. The van der Waals surface area contributed by atoms with Crippen LogP contribution in [0.1, 0.15) is 5.56 Å². The molecule has 0 spiro atoms. The molecule has 0 N–H and O–H groups in total. The van der Waals surface area contributed by atoms with Gasteiger partial charge in [0.25, 0.3) is 5.91 Å². The van der Waals surface area contributed by atoms with E-state index in [9.17, 15) is 9.59 Å². The van der Waals surface area contributed by atoms with Gasteiger partial charge in [0.2, 0.25) is 0 Å². The lowest BCUT2D eigenvalue weighted by Crippen LogP contribution is -2.31. The fourth-order valence-corrected chi connectivity index (χ4v) is 3.03. The highest BCUT2D eigenvalue weighted by Crippen LogP contribution is 2.28. The SMILES string of the molecule is COc1ccc(CN(C)C(=O)COC(=O)COc2ccc3ccccc3c2)cc1OC. The number of likely N-dealkylation sites (N-methyl/N-ethyl adjacent to an activating group) is 1. The molecule has 3 rings (SSSR count). The summed E-state index contributed by atoms with van der Waals surface area (Å²) in [5, 5.41) is 2.10. The number of esters is 1. The second kappa shape index (κ2) is 10.3. The van der Waals surface area contributed by atoms with Crippen LogP contribution in [0.15, 0.2) is 60.7 Å².